The molecule has 0 spiro atoms. The number of benzene rings is 3. The number of hydrogen-bond donors (Lipinski definition) is 0. The van der Waals surface area contributed by atoms with E-state index < -0.39 is 0 Å². The molecule has 3 aromatic carbocycles. The van der Waals surface area contributed by atoms with Crippen molar-refractivity contribution < 1.29 is 4.74 Å². The minimum Gasteiger partial charge on any atom is -0.432 e. The Morgan fingerprint density at radius 3 is 2.39 bits per heavy atom. The Morgan fingerprint density at radius 1 is 0.913 bits per heavy atom. The molecule has 0 aliphatic rings. The summed E-state index contributed by atoms with van der Waals surface area (Å²) >= 11 is 5.41. The molecule has 0 aliphatic carbocycles. The number of fused-ring (bicyclic) bond motifs is 1. The topological polar surface area (TPSA) is 12.5 Å². The average molecular weight is 515 g/mol. The summed E-state index contributed by atoms with van der Waals surface area (Å²) in [6.45, 7) is 2.06. The first kappa shape index (κ1) is 17.9. The number of thiocarbonyl (C=S) groups is 1. The van der Waals surface area contributed by atoms with Crippen molar-refractivity contribution in [3.8, 4) is 5.75 Å². The molecule has 114 valence electrons. The summed E-state index contributed by atoms with van der Waals surface area (Å²) in [5.74, 6) is 0.753. The standard InChI is InChI=1S/C19H17NOS.Pb/c1-14-6-5-9-17(12-14)20(2)19(22)21-18-11-10-15-7-3-4-8-16(15)13-18;/h3-13H,1-2H3;. The Kier molecular flexibility index (Phi) is 6.12. The summed E-state index contributed by atoms with van der Waals surface area (Å²) in [5.41, 5.74) is 2.21. The normalized spacial score (nSPS) is 10.0. The van der Waals surface area contributed by atoms with Crippen molar-refractivity contribution in [2.75, 3.05) is 11.9 Å². The quantitative estimate of drug-likeness (QED) is 0.367. The Hall–Kier alpha value is -1.47. The van der Waals surface area contributed by atoms with Gasteiger partial charge in [0.1, 0.15) is 5.75 Å². The third-order valence-corrected chi connectivity index (χ3v) is 3.95. The molecule has 0 aliphatic heterocycles. The molecule has 4 radical (unpaired) electrons. The zero-order chi connectivity index (χ0) is 15.5. The van der Waals surface area contributed by atoms with E-state index in [9.17, 15) is 0 Å². The maximum atomic E-state index is 5.84. The number of ether oxygens (including phenoxy) is 1. The van der Waals surface area contributed by atoms with Gasteiger partial charge >= 0.3 is 0 Å². The Balaban J connectivity index is 0.00000192. The van der Waals surface area contributed by atoms with Crippen LogP contribution in [0.5, 0.6) is 5.75 Å². The molecule has 0 saturated carbocycles. The fourth-order valence-electron chi connectivity index (χ4n) is 2.34. The van der Waals surface area contributed by atoms with Gasteiger partial charge in [0.25, 0.3) is 5.17 Å². The SMILES string of the molecule is Cc1cccc(N(C)C(=S)Oc2ccc3ccccc3c2)c1.[Pb]. The van der Waals surface area contributed by atoms with Gasteiger partial charge in [0.05, 0.1) is 0 Å². The molecule has 3 aromatic rings. The molecule has 23 heavy (non-hydrogen) atoms. The van der Waals surface area contributed by atoms with Gasteiger partial charge in [-0.25, -0.2) is 0 Å². The van der Waals surface area contributed by atoms with E-state index in [1.165, 1.54) is 10.9 Å². The summed E-state index contributed by atoms with van der Waals surface area (Å²) in [6.07, 6.45) is 0. The number of aryl methyl sites for hydroxylation is 1. The summed E-state index contributed by atoms with van der Waals surface area (Å²) in [4.78, 5) is 1.87. The van der Waals surface area contributed by atoms with Crippen molar-refractivity contribution in [3.05, 3.63) is 72.3 Å². The molecule has 3 rings (SSSR count). The number of rotatable bonds is 2. The van der Waals surface area contributed by atoms with Gasteiger partial charge in [-0.1, -0.05) is 42.5 Å². The van der Waals surface area contributed by atoms with Crippen molar-refractivity contribution in [1.29, 1.82) is 0 Å². The van der Waals surface area contributed by atoms with E-state index in [4.69, 9.17) is 17.0 Å². The average Bonchev–Trinajstić information content (AvgIpc) is 2.54. The van der Waals surface area contributed by atoms with Crippen molar-refractivity contribution >= 4 is 61.2 Å². The van der Waals surface area contributed by atoms with Gasteiger partial charge in [-0.2, -0.15) is 0 Å². The van der Waals surface area contributed by atoms with Gasteiger partial charge in [0.2, 0.25) is 0 Å². The van der Waals surface area contributed by atoms with Gasteiger partial charge in [0.15, 0.2) is 0 Å². The van der Waals surface area contributed by atoms with Crippen molar-refractivity contribution in [2.45, 2.75) is 6.92 Å². The Morgan fingerprint density at radius 2 is 1.65 bits per heavy atom. The van der Waals surface area contributed by atoms with E-state index in [1.54, 1.807) is 0 Å². The van der Waals surface area contributed by atoms with Crippen LogP contribution in [0.2, 0.25) is 0 Å². The second kappa shape index (κ2) is 7.88. The van der Waals surface area contributed by atoms with Crippen LogP contribution in [0.25, 0.3) is 10.8 Å². The Labute approximate surface area is 162 Å². The van der Waals surface area contributed by atoms with Gasteiger partial charge < -0.3 is 9.64 Å². The molecule has 0 heterocycles. The molecule has 2 nitrogen and oxygen atoms in total. The monoisotopic (exact) mass is 515 g/mol. The van der Waals surface area contributed by atoms with Crippen molar-refractivity contribution in [1.82, 2.24) is 0 Å². The largest absolute Gasteiger partial charge is 0.432 e. The first-order chi connectivity index (χ1) is 10.6. The fourth-order valence-corrected chi connectivity index (χ4v) is 2.54. The molecular weight excluding hydrogens is 497 g/mol. The van der Waals surface area contributed by atoms with E-state index in [0.717, 1.165) is 16.8 Å². The zero-order valence-corrected chi connectivity index (χ0v) is 17.8. The van der Waals surface area contributed by atoms with Crippen molar-refractivity contribution in [3.63, 3.8) is 0 Å². The predicted octanol–water partition coefficient (Wildman–Crippen LogP) is 4.57. The van der Waals surface area contributed by atoms with E-state index in [2.05, 4.69) is 31.2 Å². The third-order valence-electron chi connectivity index (χ3n) is 3.59. The fraction of sp³-hybridized carbons (Fsp3) is 0.105. The molecule has 0 N–H and O–H groups in total. The molecular formula is C19H17NOPbS. The third kappa shape index (κ3) is 4.29. The van der Waals surface area contributed by atoms with Crippen LogP contribution in [0.3, 0.4) is 0 Å². The van der Waals surface area contributed by atoms with Crippen LogP contribution in [-0.2, 0) is 0 Å². The summed E-state index contributed by atoms with van der Waals surface area (Å²) < 4.78 is 5.84. The van der Waals surface area contributed by atoms with Crippen LogP contribution >= 0.6 is 12.2 Å². The molecule has 0 fully saturated rings. The summed E-state index contributed by atoms with van der Waals surface area (Å²) in [7, 11) is 1.91. The van der Waals surface area contributed by atoms with Crippen molar-refractivity contribution in [2.24, 2.45) is 0 Å². The molecule has 0 saturated heterocycles. The first-order valence-electron chi connectivity index (χ1n) is 7.14. The summed E-state index contributed by atoms with van der Waals surface area (Å²) in [5, 5.41) is 2.76. The van der Waals surface area contributed by atoms with E-state index in [-0.39, 0.29) is 27.3 Å². The van der Waals surface area contributed by atoms with E-state index >= 15 is 0 Å². The number of nitrogens with zero attached hydrogens (tertiary/aromatic N) is 1. The maximum Gasteiger partial charge on any atom is 0.269 e. The molecule has 0 unspecified atom stereocenters. The van der Waals surface area contributed by atoms with E-state index in [1.807, 2.05) is 54.4 Å². The van der Waals surface area contributed by atoms with Crippen LogP contribution < -0.4 is 9.64 Å². The molecule has 0 bridgehead atoms. The maximum absolute atomic E-state index is 5.84. The Bertz CT molecular complexity index is 834. The van der Waals surface area contributed by atoms with Gasteiger partial charge in [-0.15, -0.1) is 0 Å². The number of hydrogen-bond acceptors (Lipinski definition) is 2. The van der Waals surface area contributed by atoms with Crippen LogP contribution in [0, 0.1) is 6.92 Å². The molecule has 0 atom stereocenters. The second-order valence-electron chi connectivity index (χ2n) is 5.27. The minimum absolute atomic E-state index is 0. The van der Waals surface area contributed by atoms with Gasteiger partial charge in [-0.05, 0) is 59.7 Å². The number of anilines is 1. The summed E-state index contributed by atoms with van der Waals surface area (Å²) in [6, 6.07) is 22.3. The van der Waals surface area contributed by atoms with Crippen LogP contribution in [0.1, 0.15) is 5.56 Å². The van der Waals surface area contributed by atoms with Crippen LogP contribution in [-0.4, -0.2) is 39.5 Å². The van der Waals surface area contributed by atoms with Gasteiger partial charge in [0, 0.05) is 40.0 Å². The molecule has 4 heteroatoms. The second-order valence-corrected chi connectivity index (χ2v) is 5.62. The minimum atomic E-state index is 0. The smallest absolute Gasteiger partial charge is 0.269 e. The van der Waals surface area contributed by atoms with E-state index in [0.29, 0.717) is 5.17 Å². The molecule has 0 amide bonds. The predicted molar refractivity (Wildman–Crippen MR) is 103 cm³/mol. The van der Waals surface area contributed by atoms with Crippen LogP contribution in [0.4, 0.5) is 5.69 Å². The zero-order valence-electron chi connectivity index (χ0n) is 13.1. The van der Waals surface area contributed by atoms with Gasteiger partial charge in [-0.3, -0.25) is 0 Å². The molecule has 0 aromatic heterocycles. The van der Waals surface area contributed by atoms with Crippen LogP contribution in [0.15, 0.2) is 66.7 Å². The first-order valence-corrected chi connectivity index (χ1v) is 7.55.